The second-order valence-corrected chi connectivity index (χ2v) is 12.8. The molecule has 6 atom stereocenters. The molecule has 0 aromatic heterocycles. The molecule has 2 nitrogen and oxygen atoms in total. The average molecular weight is 409 g/mol. The SMILES string of the molecule is CCCCC(CC)(C1CCC(O)C(C(C)(C)C)C1)C1CCC(O)C(C(C)(C)C)C1. The van der Waals surface area contributed by atoms with Crippen molar-refractivity contribution < 1.29 is 10.2 Å². The fraction of sp³-hybridized carbons (Fsp3) is 1.00. The third-order valence-corrected chi connectivity index (χ3v) is 9.13. The number of hydrogen-bond acceptors (Lipinski definition) is 2. The molecule has 2 rings (SSSR count). The van der Waals surface area contributed by atoms with E-state index in [0.29, 0.717) is 29.1 Å². The first kappa shape index (κ1) is 25.2. The van der Waals surface area contributed by atoms with Gasteiger partial charge < -0.3 is 10.2 Å². The van der Waals surface area contributed by atoms with E-state index in [4.69, 9.17) is 0 Å². The van der Waals surface area contributed by atoms with Crippen molar-refractivity contribution in [2.24, 2.45) is 39.9 Å². The molecule has 0 bridgehead atoms. The van der Waals surface area contributed by atoms with Crippen molar-refractivity contribution in [3.8, 4) is 0 Å². The van der Waals surface area contributed by atoms with Gasteiger partial charge in [-0.15, -0.1) is 0 Å². The van der Waals surface area contributed by atoms with Crippen LogP contribution in [0.3, 0.4) is 0 Å². The molecule has 0 saturated heterocycles. The Bertz CT molecular complexity index is 460. The summed E-state index contributed by atoms with van der Waals surface area (Å²) in [5, 5.41) is 21.6. The summed E-state index contributed by atoms with van der Waals surface area (Å²) >= 11 is 0. The summed E-state index contributed by atoms with van der Waals surface area (Å²) in [5.74, 6) is 2.24. The van der Waals surface area contributed by atoms with Crippen LogP contribution in [-0.4, -0.2) is 22.4 Å². The van der Waals surface area contributed by atoms with Crippen molar-refractivity contribution in [3.05, 3.63) is 0 Å². The molecule has 6 unspecified atom stereocenters. The maximum atomic E-state index is 10.8. The van der Waals surface area contributed by atoms with Crippen LogP contribution in [0.2, 0.25) is 0 Å². The highest BCUT2D eigenvalue weighted by atomic mass is 16.3. The van der Waals surface area contributed by atoms with Crippen LogP contribution in [0.4, 0.5) is 0 Å². The topological polar surface area (TPSA) is 40.5 Å². The summed E-state index contributed by atoms with van der Waals surface area (Å²) in [4.78, 5) is 0. The lowest BCUT2D eigenvalue weighted by Crippen LogP contribution is -2.49. The highest BCUT2D eigenvalue weighted by molar-refractivity contribution is 5.00. The lowest BCUT2D eigenvalue weighted by atomic mass is 9.51. The molecule has 2 heteroatoms. The first-order valence-corrected chi connectivity index (χ1v) is 12.7. The molecule has 0 aromatic rings. The molecule has 2 aliphatic rings. The quantitative estimate of drug-likeness (QED) is 0.487. The van der Waals surface area contributed by atoms with E-state index in [9.17, 15) is 10.2 Å². The Hall–Kier alpha value is -0.0800. The number of aliphatic hydroxyl groups excluding tert-OH is 2. The van der Waals surface area contributed by atoms with Crippen molar-refractivity contribution in [1.29, 1.82) is 0 Å². The maximum absolute atomic E-state index is 10.8. The van der Waals surface area contributed by atoms with Crippen LogP contribution >= 0.6 is 0 Å². The van der Waals surface area contributed by atoms with Gasteiger partial charge in [-0.2, -0.15) is 0 Å². The minimum absolute atomic E-state index is 0.137. The molecular weight excluding hydrogens is 356 g/mol. The average Bonchev–Trinajstić information content (AvgIpc) is 2.62. The highest BCUT2D eigenvalue weighted by Crippen LogP contribution is 2.58. The smallest absolute Gasteiger partial charge is 0.0573 e. The molecule has 0 aromatic carbocycles. The molecule has 0 radical (unpaired) electrons. The zero-order chi connectivity index (χ0) is 22.0. The van der Waals surface area contributed by atoms with Gasteiger partial charge in [-0.1, -0.05) is 68.2 Å². The van der Waals surface area contributed by atoms with Crippen LogP contribution in [0, 0.1) is 39.9 Å². The van der Waals surface area contributed by atoms with Gasteiger partial charge in [0.2, 0.25) is 0 Å². The monoisotopic (exact) mass is 408 g/mol. The van der Waals surface area contributed by atoms with Crippen LogP contribution in [0.5, 0.6) is 0 Å². The van der Waals surface area contributed by atoms with Gasteiger partial charge >= 0.3 is 0 Å². The van der Waals surface area contributed by atoms with Crippen LogP contribution in [0.1, 0.15) is 120 Å². The van der Waals surface area contributed by atoms with Gasteiger partial charge in [0.15, 0.2) is 0 Å². The van der Waals surface area contributed by atoms with E-state index in [1.807, 2.05) is 0 Å². The zero-order valence-electron chi connectivity index (χ0n) is 20.9. The molecule has 0 heterocycles. The third kappa shape index (κ3) is 5.59. The first-order chi connectivity index (χ1) is 13.4. The molecule has 2 aliphatic carbocycles. The summed E-state index contributed by atoms with van der Waals surface area (Å²) in [5.41, 5.74) is 0.710. The van der Waals surface area contributed by atoms with Crippen molar-refractivity contribution in [1.82, 2.24) is 0 Å². The van der Waals surface area contributed by atoms with Crippen LogP contribution < -0.4 is 0 Å². The zero-order valence-corrected chi connectivity index (χ0v) is 20.9. The third-order valence-electron chi connectivity index (χ3n) is 9.13. The fourth-order valence-corrected chi connectivity index (χ4v) is 7.22. The molecule has 2 fully saturated rings. The van der Waals surface area contributed by atoms with E-state index in [1.165, 1.54) is 51.4 Å². The van der Waals surface area contributed by atoms with E-state index >= 15 is 0 Å². The molecule has 0 amide bonds. The van der Waals surface area contributed by atoms with Crippen molar-refractivity contribution in [2.75, 3.05) is 0 Å². The number of hydrogen-bond donors (Lipinski definition) is 2. The molecule has 0 aliphatic heterocycles. The van der Waals surface area contributed by atoms with Crippen molar-refractivity contribution in [3.63, 3.8) is 0 Å². The van der Waals surface area contributed by atoms with E-state index < -0.39 is 0 Å². The summed E-state index contributed by atoms with van der Waals surface area (Å²) in [7, 11) is 0. The largest absolute Gasteiger partial charge is 0.393 e. The Morgan fingerprint density at radius 1 is 0.690 bits per heavy atom. The molecule has 2 N–H and O–H groups in total. The predicted octanol–water partition coefficient (Wildman–Crippen LogP) is 7.22. The van der Waals surface area contributed by atoms with Gasteiger partial charge in [0, 0.05) is 0 Å². The molecule has 29 heavy (non-hydrogen) atoms. The Balaban J connectivity index is 2.35. The Kier molecular flexibility index (Phi) is 8.33. The van der Waals surface area contributed by atoms with Gasteiger partial charge in [-0.3, -0.25) is 0 Å². The summed E-state index contributed by atoms with van der Waals surface area (Å²) in [6.45, 7) is 18.6. The second-order valence-electron chi connectivity index (χ2n) is 12.8. The predicted molar refractivity (Wildman–Crippen MR) is 125 cm³/mol. The standard InChI is InChI=1S/C27H52O2/c1-9-11-16-27(10-2,19-12-14-23(28)21(17-19)25(3,4)5)20-13-15-24(29)22(18-20)26(6,7)8/h19-24,28-29H,9-18H2,1-8H3. The fourth-order valence-electron chi connectivity index (χ4n) is 7.22. The second kappa shape index (κ2) is 9.60. The van der Waals surface area contributed by atoms with Gasteiger partial charge in [-0.25, -0.2) is 0 Å². The molecule has 2 saturated carbocycles. The summed E-state index contributed by atoms with van der Waals surface area (Å²) < 4.78 is 0. The van der Waals surface area contributed by atoms with E-state index in [1.54, 1.807) is 0 Å². The van der Waals surface area contributed by atoms with E-state index in [2.05, 4.69) is 55.4 Å². The molecular formula is C27H52O2. The molecule has 172 valence electrons. The number of aliphatic hydroxyl groups is 2. The lowest BCUT2D eigenvalue weighted by molar-refractivity contribution is -0.0936. The Labute approximate surface area is 182 Å². The summed E-state index contributed by atoms with van der Waals surface area (Å²) in [6, 6.07) is 0. The van der Waals surface area contributed by atoms with Gasteiger partial charge in [0.05, 0.1) is 12.2 Å². The lowest BCUT2D eigenvalue weighted by Gasteiger charge is -2.55. The highest BCUT2D eigenvalue weighted by Gasteiger charge is 2.50. The normalized spacial score (nSPS) is 36.6. The number of unbranched alkanes of at least 4 members (excludes halogenated alkanes) is 1. The minimum atomic E-state index is -0.137. The Morgan fingerprint density at radius 3 is 1.41 bits per heavy atom. The van der Waals surface area contributed by atoms with Gasteiger partial charge in [0.25, 0.3) is 0 Å². The van der Waals surface area contributed by atoms with Gasteiger partial charge in [0.1, 0.15) is 0 Å². The maximum Gasteiger partial charge on any atom is 0.0573 e. The van der Waals surface area contributed by atoms with Crippen molar-refractivity contribution in [2.45, 2.75) is 132 Å². The molecule has 0 spiro atoms. The van der Waals surface area contributed by atoms with Crippen LogP contribution in [-0.2, 0) is 0 Å². The number of rotatable bonds is 6. The van der Waals surface area contributed by atoms with Crippen LogP contribution in [0.25, 0.3) is 0 Å². The first-order valence-electron chi connectivity index (χ1n) is 12.7. The minimum Gasteiger partial charge on any atom is -0.393 e. The summed E-state index contributed by atoms with van der Waals surface area (Å²) in [6.07, 6.45) is 11.6. The Morgan fingerprint density at radius 2 is 1.10 bits per heavy atom. The van der Waals surface area contributed by atoms with Crippen molar-refractivity contribution >= 4 is 0 Å². The van der Waals surface area contributed by atoms with Gasteiger partial charge in [-0.05, 0) is 91.3 Å². The van der Waals surface area contributed by atoms with E-state index in [0.717, 1.165) is 12.8 Å². The van der Waals surface area contributed by atoms with Crippen LogP contribution in [0.15, 0.2) is 0 Å². The van der Waals surface area contributed by atoms with E-state index in [-0.39, 0.29) is 23.0 Å².